The lowest BCUT2D eigenvalue weighted by molar-refractivity contribution is 0.295. The number of methoxy groups -OCH3 is 1. The van der Waals surface area contributed by atoms with Crippen LogP contribution in [0.4, 0.5) is 0 Å². The van der Waals surface area contributed by atoms with Crippen molar-refractivity contribution in [1.82, 2.24) is 24.7 Å². The summed E-state index contributed by atoms with van der Waals surface area (Å²) < 4.78 is 12.0. The van der Waals surface area contributed by atoms with Crippen molar-refractivity contribution in [3.05, 3.63) is 68.5 Å². The fourth-order valence-electron chi connectivity index (χ4n) is 2.18. The topological polar surface area (TPSA) is 115 Å². The second-order valence-electron chi connectivity index (χ2n) is 5.36. The van der Waals surface area contributed by atoms with E-state index in [0.717, 1.165) is 5.75 Å². The summed E-state index contributed by atoms with van der Waals surface area (Å²) in [6, 6.07) is 7.18. The van der Waals surface area contributed by atoms with E-state index in [2.05, 4.69) is 20.2 Å². The van der Waals surface area contributed by atoms with Gasteiger partial charge in [-0.15, -0.1) is 0 Å². The van der Waals surface area contributed by atoms with E-state index in [9.17, 15) is 9.59 Å². The van der Waals surface area contributed by atoms with Crippen LogP contribution in [0.5, 0.6) is 11.5 Å². The number of aromatic amines is 2. The first-order valence-electron chi connectivity index (χ1n) is 7.52. The highest BCUT2D eigenvalue weighted by atomic mass is 16.5. The molecule has 25 heavy (non-hydrogen) atoms. The molecule has 0 saturated carbocycles. The molecule has 0 amide bonds. The van der Waals surface area contributed by atoms with E-state index in [0.29, 0.717) is 23.0 Å². The minimum absolute atomic E-state index is 0.148. The second kappa shape index (κ2) is 7.04. The van der Waals surface area contributed by atoms with Crippen LogP contribution in [0.3, 0.4) is 0 Å². The highest BCUT2D eigenvalue weighted by Crippen LogP contribution is 2.17. The van der Waals surface area contributed by atoms with Gasteiger partial charge < -0.3 is 9.47 Å². The lowest BCUT2D eigenvalue weighted by Gasteiger charge is -2.05. The third-order valence-corrected chi connectivity index (χ3v) is 3.51. The van der Waals surface area contributed by atoms with E-state index in [4.69, 9.17) is 9.47 Å². The monoisotopic (exact) mass is 343 g/mol. The van der Waals surface area contributed by atoms with Gasteiger partial charge >= 0.3 is 5.69 Å². The zero-order valence-electron chi connectivity index (χ0n) is 13.8. The van der Waals surface area contributed by atoms with E-state index in [1.54, 1.807) is 38.3 Å². The predicted octanol–water partition coefficient (Wildman–Crippen LogP) is 0.599. The quantitative estimate of drug-likeness (QED) is 0.677. The maximum absolute atomic E-state index is 11.8. The molecule has 9 nitrogen and oxygen atoms in total. The number of hydrogen-bond acceptors (Lipinski definition) is 6. The number of benzene rings is 1. The molecule has 3 rings (SSSR count). The summed E-state index contributed by atoms with van der Waals surface area (Å²) in [5.41, 5.74) is -0.459. The predicted molar refractivity (Wildman–Crippen MR) is 88.9 cm³/mol. The normalized spacial score (nSPS) is 10.6. The van der Waals surface area contributed by atoms with Gasteiger partial charge in [-0.2, -0.15) is 5.10 Å². The fraction of sp³-hybridized carbons (Fsp3) is 0.250. The van der Waals surface area contributed by atoms with Crippen LogP contribution in [-0.2, 0) is 13.2 Å². The van der Waals surface area contributed by atoms with Crippen LogP contribution >= 0.6 is 0 Å². The molecule has 1 aromatic carbocycles. The van der Waals surface area contributed by atoms with Crippen molar-refractivity contribution in [2.24, 2.45) is 0 Å². The Bertz CT molecular complexity index is 971. The van der Waals surface area contributed by atoms with Crippen molar-refractivity contribution in [1.29, 1.82) is 0 Å². The summed E-state index contributed by atoms with van der Waals surface area (Å²) >= 11 is 0. The highest BCUT2D eigenvalue weighted by molar-refractivity contribution is 5.31. The van der Waals surface area contributed by atoms with Crippen LogP contribution in [0.1, 0.15) is 17.2 Å². The average Bonchev–Trinajstić information content (AvgIpc) is 3.06. The Labute approximate surface area is 142 Å². The van der Waals surface area contributed by atoms with Gasteiger partial charge in [0, 0.05) is 11.8 Å². The summed E-state index contributed by atoms with van der Waals surface area (Å²) in [4.78, 5) is 29.7. The average molecular weight is 343 g/mol. The van der Waals surface area contributed by atoms with Crippen molar-refractivity contribution in [2.75, 3.05) is 7.11 Å². The van der Waals surface area contributed by atoms with Gasteiger partial charge in [0.05, 0.1) is 13.7 Å². The molecule has 0 aliphatic heterocycles. The van der Waals surface area contributed by atoms with Gasteiger partial charge in [0.25, 0.3) is 5.56 Å². The van der Waals surface area contributed by atoms with E-state index in [1.165, 1.54) is 10.8 Å². The Balaban J connectivity index is 1.65. The summed E-state index contributed by atoms with van der Waals surface area (Å²) in [6.45, 7) is 1.98. The molecule has 0 fully saturated rings. The van der Waals surface area contributed by atoms with Crippen LogP contribution in [0, 0.1) is 6.92 Å². The second-order valence-corrected chi connectivity index (χ2v) is 5.36. The number of aryl methyl sites for hydroxylation is 1. The molecule has 2 heterocycles. The van der Waals surface area contributed by atoms with E-state index in [-0.39, 0.29) is 13.2 Å². The standard InChI is InChI=1S/C16H17N5O4/c1-10-7-21(16(23)18-15(10)22)8-13-17-14(20-19-13)9-25-12-5-3-11(24-2)4-6-12/h3-7H,8-9H2,1-2H3,(H,17,19,20)(H,18,22,23). The third-order valence-electron chi connectivity index (χ3n) is 3.51. The molecule has 0 aliphatic carbocycles. The fourth-order valence-corrected chi connectivity index (χ4v) is 2.18. The lowest BCUT2D eigenvalue weighted by Crippen LogP contribution is -2.31. The number of nitrogens with one attached hydrogen (secondary N) is 2. The first-order valence-corrected chi connectivity index (χ1v) is 7.52. The van der Waals surface area contributed by atoms with Crippen LogP contribution in [0.25, 0.3) is 0 Å². The number of hydrogen-bond donors (Lipinski definition) is 2. The van der Waals surface area contributed by atoms with Gasteiger partial charge in [0.2, 0.25) is 0 Å². The molecule has 2 aromatic heterocycles. The van der Waals surface area contributed by atoms with E-state index < -0.39 is 11.2 Å². The molecule has 0 radical (unpaired) electrons. The molecule has 0 atom stereocenters. The van der Waals surface area contributed by atoms with Crippen molar-refractivity contribution < 1.29 is 9.47 Å². The Kier molecular flexibility index (Phi) is 4.64. The van der Waals surface area contributed by atoms with Crippen molar-refractivity contribution in [3.63, 3.8) is 0 Å². The van der Waals surface area contributed by atoms with E-state index in [1.807, 2.05) is 0 Å². The molecule has 0 spiro atoms. The molecule has 0 saturated heterocycles. The summed E-state index contributed by atoms with van der Waals surface area (Å²) in [5.74, 6) is 2.36. The first-order chi connectivity index (χ1) is 12.0. The Morgan fingerprint density at radius 2 is 1.88 bits per heavy atom. The molecular weight excluding hydrogens is 326 g/mol. The van der Waals surface area contributed by atoms with Crippen molar-refractivity contribution >= 4 is 0 Å². The number of ether oxygens (including phenoxy) is 2. The Hall–Kier alpha value is -3.36. The maximum Gasteiger partial charge on any atom is 0.328 e. The van der Waals surface area contributed by atoms with Crippen LogP contribution < -0.4 is 20.7 Å². The number of rotatable bonds is 6. The molecule has 130 valence electrons. The summed E-state index contributed by atoms with van der Waals surface area (Å²) in [6.07, 6.45) is 1.48. The molecule has 2 N–H and O–H groups in total. The smallest absolute Gasteiger partial charge is 0.328 e. The van der Waals surface area contributed by atoms with E-state index >= 15 is 0 Å². The van der Waals surface area contributed by atoms with Gasteiger partial charge in [0.15, 0.2) is 11.6 Å². The number of nitrogens with zero attached hydrogens (tertiary/aromatic N) is 3. The highest BCUT2D eigenvalue weighted by Gasteiger charge is 2.08. The molecule has 3 aromatic rings. The van der Waals surface area contributed by atoms with Crippen LogP contribution in [0.15, 0.2) is 40.1 Å². The lowest BCUT2D eigenvalue weighted by atomic mass is 10.3. The minimum Gasteiger partial charge on any atom is -0.497 e. The molecular formula is C16H17N5O4. The molecule has 9 heteroatoms. The summed E-state index contributed by atoms with van der Waals surface area (Å²) in [5, 5.41) is 6.82. The molecule has 0 bridgehead atoms. The largest absolute Gasteiger partial charge is 0.497 e. The molecule has 0 aliphatic rings. The maximum atomic E-state index is 11.8. The van der Waals surface area contributed by atoms with Gasteiger partial charge in [0.1, 0.15) is 18.1 Å². The zero-order chi connectivity index (χ0) is 17.8. The SMILES string of the molecule is COc1ccc(OCc2nc(Cn3cc(C)c(=O)[nH]c3=O)n[nH]2)cc1. The van der Waals surface area contributed by atoms with Crippen LogP contribution in [0.2, 0.25) is 0 Å². The van der Waals surface area contributed by atoms with Crippen molar-refractivity contribution in [2.45, 2.75) is 20.1 Å². The summed E-state index contributed by atoms with van der Waals surface area (Å²) in [7, 11) is 1.60. The first kappa shape index (κ1) is 16.5. The van der Waals surface area contributed by atoms with Gasteiger partial charge in [-0.25, -0.2) is 9.78 Å². The van der Waals surface area contributed by atoms with Crippen molar-refractivity contribution in [3.8, 4) is 11.5 Å². The van der Waals surface area contributed by atoms with Gasteiger partial charge in [-0.1, -0.05) is 0 Å². The Morgan fingerprint density at radius 3 is 2.60 bits per heavy atom. The third kappa shape index (κ3) is 3.94. The number of aromatic nitrogens is 5. The minimum atomic E-state index is -0.503. The Morgan fingerprint density at radius 1 is 1.16 bits per heavy atom. The molecule has 0 unspecified atom stereocenters. The van der Waals surface area contributed by atoms with Gasteiger partial charge in [-0.05, 0) is 31.2 Å². The van der Waals surface area contributed by atoms with Gasteiger partial charge in [-0.3, -0.25) is 19.4 Å². The van der Waals surface area contributed by atoms with Crippen LogP contribution in [-0.4, -0.2) is 31.8 Å². The zero-order valence-corrected chi connectivity index (χ0v) is 13.8. The number of H-pyrrole nitrogens is 2.